The van der Waals surface area contributed by atoms with Gasteiger partial charge >= 0.3 is 0 Å². The number of nitrogens with zero attached hydrogens (tertiary/aromatic N) is 4. The molecule has 2 aromatic heterocycles. The molecule has 0 aliphatic carbocycles. The highest BCUT2D eigenvalue weighted by Crippen LogP contribution is 2.34. The lowest BCUT2D eigenvalue weighted by Gasteiger charge is -2.16. The van der Waals surface area contributed by atoms with Crippen molar-refractivity contribution in [1.29, 1.82) is 5.26 Å². The Morgan fingerprint density at radius 3 is 2.63 bits per heavy atom. The van der Waals surface area contributed by atoms with Crippen molar-refractivity contribution >= 4 is 33.9 Å². The van der Waals surface area contributed by atoms with Crippen molar-refractivity contribution in [3.63, 3.8) is 0 Å². The van der Waals surface area contributed by atoms with E-state index in [0.717, 1.165) is 52.1 Å². The van der Waals surface area contributed by atoms with E-state index in [1.54, 1.807) is 12.4 Å². The quantitative estimate of drug-likeness (QED) is 0.282. The van der Waals surface area contributed by atoms with E-state index in [1.807, 2.05) is 76.5 Å². The topological polar surface area (TPSA) is 103 Å². The van der Waals surface area contributed by atoms with E-state index in [1.165, 1.54) is 0 Å². The molecule has 0 spiro atoms. The number of carbonyl (C=O) groups is 1. The summed E-state index contributed by atoms with van der Waals surface area (Å²) in [6, 6.07) is 17.6. The predicted molar refractivity (Wildman–Crippen MR) is 151 cm³/mol. The third-order valence-electron chi connectivity index (χ3n) is 6.16. The standard InChI is InChI=1S/C30H32N6O2/c1-20-15-27-25(16-26(20)35-29(37)9-7-13-36(3)4)30(22(17-31)18-33-27)34-23-10-11-28(21(2)14-23)38-19-24-8-5-6-12-32-24/h5-6,8,10-12,14-16,18H,7,9,13,19H2,1-4H3,(H,33,34)(H,35,37). The monoisotopic (exact) mass is 508 g/mol. The van der Waals surface area contributed by atoms with Crippen LogP contribution in [0.15, 0.2) is 60.9 Å². The number of hydrogen-bond donors (Lipinski definition) is 2. The number of nitrogens with one attached hydrogen (secondary N) is 2. The van der Waals surface area contributed by atoms with Crippen molar-refractivity contribution in [3.8, 4) is 11.8 Å². The Kier molecular flexibility index (Phi) is 8.51. The molecule has 38 heavy (non-hydrogen) atoms. The van der Waals surface area contributed by atoms with Crippen molar-refractivity contribution in [1.82, 2.24) is 14.9 Å². The van der Waals surface area contributed by atoms with Gasteiger partial charge in [0.1, 0.15) is 18.4 Å². The number of benzene rings is 2. The Labute approximate surface area is 223 Å². The Morgan fingerprint density at radius 2 is 1.92 bits per heavy atom. The summed E-state index contributed by atoms with van der Waals surface area (Å²) >= 11 is 0. The number of carbonyl (C=O) groups excluding carboxylic acids is 1. The Morgan fingerprint density at radius 1 is 1.08 bits per heavy atom. The molecule has 8 nitrogen and oxygen atoms in total. The third kappa shape index (κ3) is 6.64. The number of fused-ring (bicyclic) bond motifs is 1. The summed E-state index contributed by atoms with van der Waals surface area (Å²) < 4.78 is 5.95. The van der Waals surface area contributed by atoms with Crippen LogP contribution in [0.3, 0.4) is 0 Å². The molecule has 194 valence electrons. The predicted octanol–water partition coefficient (Wildman–Crippen LogP) is 5.72. The van der Waals surface area contributed by atoms with Crippen molar-refractivity contribution in [2.24, 2.45) is 0 Å². The molecule has 2 N–H and O–H groups in total. The molecule has 0 radical (unpaired) electrons. The van der Waals surface area contributed by atoms with Gasteiger partial charge in [0.05, 0.1) is 22.5 Å². The van der Waals surface area contributed by atoms with Crippen molar-refractivity contribution in [2.75, 3.05) is 31.3 Å². The molecule has 0 atom stereocenters. The number of nitriles is 1. The van der Waals surface area contributed by atoms with Crippen LogP contribution in [0, 0.1) is 25.2 Å². The van der Waals surface area contributed by atoms with Crippen LogP contribution in [-0.4, -0.2) is 41.4 Å². The number of aryl methyl sites for hydroxylation is 2. The average Bonchev–Trinajstić information content (AvgIpc) is 2.89. The molecule has 0 saturated carbocycles. The number of pyridine rings is 2. The fourth-order valence-corrected chi connectivity index (χ4v) is 4.13. The first-order chi connectivity index (χ1) is 18.3. The number of aromatic nitrogens is 2. The number of amides is 1. The number of anilines is 3. The highest BCUT2D eigenvalue weighted by Gasteiger charge is 2.14. The van der Waals surface area contributed by atoms with Crippen molar-refractivity contribution in [3.05, 3.63) is 83.3 Å². The SMILES string of the molecule is Cc1cc2ncc(C#N)c(Nc3ccc(OCc4ccccn4)c(C)c3)c2cc1NC(=O)CCCN(C)C. The zero-order valence-electron chi connectivity index (χ0n) is 22.2. The summed E-state index contributed by atoms with van der Waals surface area (Å²) in [6.07, 6.45) is 4.53. The van der Waals surface area contributed by atoms with E-state index in [0.29, 0.717) is 30.0 Å². The van der Waals surface area contributed by atoms with Gasteiger partial charge in [-0.3, -0.25) is 14.8 Å². The molecule has 4 rings (SSSR count). The van der Waals surface area contributed by atoms with Crippen LogP contribution >= 0.6 is 0 Å². The zero-order chi connectivity index (χ0) is 27.1. The normalized spacial score (nSPS) is 10.8. The average molecular weight is 509 g/mol. The van der Waals surface area contributed by atoms with Crippen LogP contribution in [0.1, 0.15) is 35.2 Å². The Hall–Kier alpha value is -4.48. The van der Waals surface area contributed by atoms with Gasteiger partial charge in [-0.15, -0.1) is 0 Å². The minimum atomic E-state index is -0.0369. The maximum absolute atomic E-state index is 12.6. The summed E-state index contributed by atoms with van der Waals surface area (Å²) in [7, 11) is 3.98. The van der Waals surface area contributed by atoms with E-state index in [4.69, 9.17) is 4.74 Å². The number of rotatable bonds is 10. The molecule has 0 fully saturated rings. The van der Waals surface area contributed by atoms with E-state index < -0.39 is 0 Å². The molecule has 0 saturated heterocycles. The molecular formula is C30H32N6O2. The first kappa shape index (κ1) is 26.6. The maximum Gasteiger partial charge on any atom is 0.224 e. The molecule has 0 aliphatic heterocycles. The third-order valence-corrected chi connectivity index (χ3v) is 6.16. The first-order valence-corrected chi connectivity index (χ1v) is 12.5. The molecular weight excluding hydrogens is 476 g/mol. The summed E-state index contributed by atoms with van der Waals surface area (Å²) in [5, 5.41) is 17.0. The fraction of sp³-hybridized carbons (Fsp3) is 0.267. The van der Waals surface area contributed by atoms with Gasteiger partial charge in [0.25, 0.3) is 0 Å². The van der Waals surface area contributed by atoms with Gasteiger partial charge in [-0.05, 0) is 94.5 Å². The smallest absolute Gasteiger partial charge is 0.224 e. The lowest BCUT2D eigenvalue weighted by atomic mass is 10.0. The lowest BCUT2D eigenvalue weighted by Crippen LogP contribution is -2.17. The second-order valence-corrected chi connectivity index (χ2v) is 9.51. The number of ether oxygens (including phenoxy) is 1. The Balaban J connectivity index is 1.58. The zero-order valence-corrected chi connectivity index (χ0v) is 22.2. The first-order valence-electron chi connectivity index (χ1n) is 12.5. The highest BCUT2D eigenvalue weighted by molar-refractivity contribution is 6.01. The van der Waals surface area contributed by atoms with Crippen LogP contribution < -0.4 is 15.4 Å². The molecule has 0 aliphatic rings. The van der Waals surface area contributed by atoms with Crippen LogP contribution in [0.5, 0.6) is 5.75 Å². The second kappa shape index (κ2) is 12.2. The van der Waals surface area contributed by atoms with Crippen LogP contribution in [0.2, 0.25) is 0 Å². The van der Waals surface area contributed by atoms with Gasteiger partial charge in [0, 0.05) is 35.6 Å². The van der Waals surface area contributed by atoms with E-state index >= 15 is 0 Å². The maximum atomic E-state index is 12.6. The molecule has 0 bridgehead atoms. The second-order valence-electron chi connectivity index (χ2n) is 9.51. The van der Waals surface area contributed by atoms with Gasteiger partial charge in [-0.1, -0.05) is 6.07 Å². The minimum Gasteiger partial charge on any atom is -0.487 e. The molecule has 2 aromatic carbocycles. The summed E-state index contributed by atoms with van der Waals surface area (Å²) in [5.74, 6) is 0.723. The number of hydrogen-bond acceptors (Lipinski definition) is 7. The summed E-state index contributed by atoms with van der Waals surface area (Å²) in [6.45, 7) is 5.14. The largest absolute Gasteiger partial charge is 0.487 e. The lowest BCUT2D eigenvalue weighted by molar-refractivity contribution is -0.116. The highest BCUT2D eigenvalue weighted by atomic mass is 16.5. The van der Waals surface area contributed by atoms with Crippen LogP contribution in [0.25, 0.3) is 10.9 Å². The Bertz CT molecular complexity index is 1480. The van der Waals surface area contributed by atoms with Crippen molar-refractivity contribution < 1.29 is 9.53 Å². The molecule has 0 unspecified atom stereocenters. The van der Waals surface area contributed by atoms with E-state index in [9.17, 15) is 10.1 Å². The molecule has 8 heteroatoms. The van der Waals surface area contributed by atoms with Gasteiger partial charge < -0.3 is 20.3 Å². The van der Waals surface area contributed by atoms with Crippen molar-refractivity contribution in [2.45, 2.75) is 33.3 Å². The molecule has 4 aromatic rings. The van der Waals surface area contributed by atoms with Gasteiger partial charge in [0.15, 0.2) is 0 Å². The minimum absolute atomic E-state index is 0.0369. The van der Waals surface area contributed by atoms with Gasteiger partial charge in [-0.25, -0.2) is 0 Å². The fourth-order valence-electron chi connectivity index (χ4n) is 4.13. The molecule has 2 heterocycles. The molecule has 1 amide bonds. The van der Waals surface area contributed by atoms with E-state index in [2.05, 4.69) is 31.6 Å². The van der Waals surface area contributed by atoms with Gasteiger partial charge in [-0.2, -0.15) is 5.26 Å². The van der Waals surface area contributed by atoms with Crippen LogP contribution in [0.4, 0.5) is 17.1 Å². The van der Waals surface area contributed by atoms with E-state index in [-0.39, 0.29) is 5.91 Å². The summed E-state index contributed by atoms with van der Waals surface area (Å²) in [5.41, 5.74) is 6.03. The van der Waals surface area contributed by atoms with Crippen LogP contribution in [-0.2, 0) is 11.4 Å². The van der Waals surface area contributed by atoms with Gasteiger partial charge in [0.2, 0.25) is 5.91 Å². The summed E-state index contributed by atoms with van der Waals surface area (Å²) in [4.78, 5) is 23.4.